The highest BCUT2D eigenvalue weighted by Crippen LogP contribution is 2.23. The molecule has 31 heavy (non-hydrogen) atoms. The summed E-state index contributed by atoms with van der Waals surface area (Å²) in [5.41, 5.74) is 0.913. The topological polar surface area (TPSA) is 73.0 Å². The van der Waals surface area contributed by atoms with Gasteiger partial charge < -0.3 is 10.2 Å². The van der Waals surface area contributed by atoms with Gasteiger partial charge in [0.05, 0.1) is 4.90 Å². The fourth-order valence-electron chi connectivity index (χ4n) is 4.71. The molecule has 3 rings (SSSR count). The number of carbonyl (C=O) groups excluding carboxylic acids is 1. The SMILES string of the molecule is Cc1cccc(S(=O)(=O)N(CCC(=O)N2CCNCC2)CCN2[C@H](C)CCC[C@@H]2C)c1. The third-order valence-electron chi connectivity index (χ3n) is 6.66. The highest BCUT2D eigenvalue weighted by Gasteiger charge is 2.30. The molecule has 8 heteroatoms. The van der Waals surface area contributed by atoms with E-state index < -0.39 is 10.0 Å². The molecular formula is C23H38N4O3S. The largest absolute Gasteiger partial charge is 0.340 e. The first-order chi connectivity index (χ1) is 14.8. The second-order valence-corrected chi connectivity index (χ2v) is 10.9. The molecule has 2 aliphatic heterocycles. The second-order valence-electron chi connectivity index (χ2n) is 8.97. The van der Waals surface area contributed by atoms with Crippen LogP contribution in [0.3, 0.4) is 0 Å². The van der Waals surface area contributed by atoms with Gasteiger partial charge in [-0.3, -0.25) is 9.69 Å². The monoisotopic (exact) mass is 450 g/mol. The number of amides is 1. The van der Waals surface area contributed by atoms with E-state index in [0.717, 1.165) is 31.5 Å². The van der Waals surface area contributed by atoms with E-state index in [0.29, 0.717) is 43.2 Å². The van der Waals surface area contributed by atoms with E-state index in [1.807, 2.05) is 17.9 Å². The van der Waals surface area contributed by atoms with Gasteiger partial charge in [0.15, 0.2) is 0 Å². The summed E-state index contributed by atoms with van der Waals surface area (Å²) in [6, 6.07) is 7.95. The Balaban J connectivity index is 1.73. The van der Waals surface area contributed by atoms with Crippen LogP contribution >= 0.6 is 0 Å². The fraction of sp³-hybridized carbons (Fsp3) is 0.696. The van der Waals surface area contributed by atoms with Gasteiger partial charge >= 0.3 is 0 Å². The van der Waals surface area contributed by atoms with Crippen molar-refractivity contribution in [3.63, 3.8) is 0 Å². The van der Waals surface area contributed by atoms with Gasteiger partial charge in [0.25, 0.3) is 0 Å². The average molecular weight is 451 g/mol. The van der Waals surface area contributed by atoms with Crippen LogP contribution in [-0.4, -0.2) is 86.3 Å². The minimum Gasteiger partial charge on any atom is -0.340 e. The van der Waals surface area contributed by atoms with Crippen LogP contribution < -0.4 is 5.32 Å². The van der Waals surface area contributed by atoms with E-state index >= 15 is 0 Å². The average Bonchev–Trinajstić information content (AvgIpc) is 2.75. The molecule has 2 atom stereocenters. The zero-order valence-electron chi connectivity index (χ0n) is 19.2. The molecule has 2 fully saturated rings. The van der Waals surface area contributed by atoms with Crippen molar-refractivity contribution in [3.05, 3.63) is 29.8 Å². The molecule has 1 N–H and O–H groups in total. The van der Waals surface area contributed by atoms with Gasteiger partial charge in [-0.1, -0.05) is 18.6 Å². The quantitative estimate of drug-likeness (QED) is 0.656. The molecule has 1 amide bonds. The summed E-state index contributed by atoms with van der Waals surface area (Å²) in [6.45, 7) is 10.6. The predicted octanol–water partition coefficient (Wildman–Crippen LogP) is 2.07. The first-order valence-electron chi connectivity index (χ1n) is 11.6. The van der Waals surface area contributed by atoms with Crippen molar-refractivity contribution in [1.29, 1.82) is 0 Å². The Labute approximate surface area is 187 Å². The van der Waals surface area contributed by atoms with Crippen molar-refractivity contribution in [3.8, 4) is 0 Å². The number of hydrogen-bond acceptors (Lipinski definition) is 5. The lowest BCUT2D eigenvalue weighted by Crippen LogP contribution is -2.49. The Morgan fingerprint density at radius 3 is 2.45 bits per heavy atom. The number of piperazine rings is 1. The molecule has 0 radical (unpaired) electrons. The minimum absolute atomic E-state index is 0.0330. The molecule has 1 aromatic carbocycles. The van der Waals surface area contributed by atoms with Crippen LogP contribution in [0.4, 0.5) is 0 Å². The maximum Gasteiger partial charge on any atom is 0.243 e. The molecule has 1 aromatic rings. The maximum atomic E-state index is 13.5. The fourth-order valence-corrected chi connectivity index (χ4v) is 6.25. The van der Waals surface area contributed by atoms with Gasteiger partial charge in [-0.15, -0.1) is 0 Å². The van der Waals surface area contributed by atoms with Gasteiger partial charge in [-0.2, -0.15) is 4.31 Å². The Morgan fingerprint density at radius 2 is 1.81 bits per heavy atom. The number of aryl methyl sites for hydroxylation is 1. The number of nitrogens with one attached hydrogen (secondary N) is 1. The molecule has 2 heterocycles. The maximum absolute atomic E-state index is 13.5. The van der Waals surface area contributed by atoms with E-state index in [-0.39, 0.29) is 18.9 Å². The number of carbonyl (C=O) groups is 1. The van der Waals surface area contributed by atoms with Crippen LogP contribution in [-0.2, 0) is 14.8 Å². The van der Waals surface area contributed by atoms with Crippen molar-refractivity contribution >= 4 is 15.9 Å². The highest BCUT2D eigenvalue weighted by atomic mass is 32.2. The highest BCUT2D eigenvalue weighted by molar-refractivity contribution is 7.89. The number of piperidine rings is 1. The molecule has 174 valence electrons. The van der Waals surface area contributed by atoms with Crippen molar-refractivity contribution < 1.29 is 13.2 Å². The number of rotatable bonds is 8. The Bertz CT molecular complexity index is 829. The standard InChI is InChI=1S/C23H38N4O3S/c1-19-6-4-9-22(18-19)31(29,30)26(13-10-23(28)25-14-11-24-12-15-25)16-17-27-20(2)7-5-8-21(27)3/h4,6,9,18,20-21,24H,5,7-8,10-17H2,1-3H3/t20-,21+. The van der Waals surface area contributed by atoms with Gasteiger partial charge in [-0.25, -0.2) is 8.42 Å². The molecule has 0 aliphatic carbocycles. The summed E-state index contributed by atoms with van der Waals surface area (Å²) in [5.74, 6) is 0.0330. The van der Waals surface area contributed by atoms with Crippen molar-refractivity contribution in [2.75, 3.05) is 45.8 Å². The van der Waals surface area contributed by atoms with Crippen molar-refractivity contribution in [1.82, 2.24) is 19.4 Å². The normalized spacial score (nSPS) is 23.3. The zero-order valence-corrected chi connectivity index (χ0v) is 20.0. The Hall–Kier alpha value is -1.48. The molecule has 2 aliphatic rings. The Kier molecular flexibility index (Phi) is 8.50. The molecular weight excluding hydrogens is 412 g/mol. The summed E-state index contributed by atoms with van der Waals surface area (Å²) in [7, 11) is -3.66. The number of benzene rings is 1. The van der Waals surface area contributed by atoms with Crippen LogP contribution in [0.1, 0.15) is 45.1 Å². The van der Waals surface area contributed by atoms with Gasteiger partial charge in [0, 0.05) is 64.3 Å². The Morgan fingerprint density at radius 1 is 1.13 bits per heavy atom. The zero-order chi connectivity index (χ0) is 22.4. The summed E-state index contributed by atoms with van der Waals surface area (Å²) in [4.78, 5) is 17.3. The van der Waals surface area contributed by atoms with Crippen LogP contribution in [0, 0.1) is 6.92 Å². The summed E-state index contributed by atoms with van der Waals surface area (Å²) < 4.78 is 28.5. The van der Waals surface area contributed by atoms with Crippen LogP contribution in [0.25, 0.3) is 0 Å². The van der Waals surface area contributed by atoms with E-state index in [4.69, 9.17) is 0 Å². The van der Waals surface area contributed by atoms with E-state index in [1.165, 1.54) is 10.7 Å². The summed E-state index contributed by atoms with van der Waals surface area (Å²) in [6.07, 6.45) is 3.74. The van der Waals surface area contributed by atoms with Gasteiger partial charge in [0.2, 0.25) is 15.9 Å². The molecule has 0 aromatic heterocycles. The lowest BCUT2D eigenvalue weighted by molar-refractivity contribution is -0.131. The first kappa shape index (κ1) is 24.2. The minimum atomic E-state index is -3.66. The van der Waals surface area contributed by atoms with Gasteiger partial charge in [-0.05, 0) is 51.3 Å². The van der Waals surface area contributed by atoms with Crippen LogP contribution in [0.2, 0.25) is 0 Å². The smallest absolute Gasteiger partial charge is 0.243 e. The van der Waals surface area contributed by atoms with Crippen molar-refractivity contribution in [2.24, 2.45) is 0 Å². The van der Waals surface area contributed by atoms with E-state index in [1.54, 1.807) is 18.2 Å². The van der Waals surface area contributed by atoms with Gasteiger partial charge in [0.1, 0.15) is 0 Å². The van der Waals surface area contributed by atoms with Crippen LogP contribution in [0.15, 0.2) is 29.2 Å². The summed E-state index contributed by atoms with van der Waals surface area (Å²) >= 11 is 0. The number of likely N-dealkylation sites (tertiary alicyclic amines) is 1. The molecule has 0 bridgehead atoms. The predicted molar refractivity (Wildman–Crippen MR) is 123 cm³/mol. The molecule has 0 saturated carbocycles. The lowest BCUT2D eigenvalue weighted by Gasteiger charge is -2.40. The van der Waals surface area contributed by atoms with E-state index in [9.17, 15) is 13.2 Å². The number of nitrogens with zero attached hydrogens (tertiary/aromatic N) is 3. The lowest BCUT2D eigenvalue weighted by atomic mass is 9.98. The van der Waals surface area contributed by atoms with Crippen LogP contribution in [0.5, 0.6) is 0 Å². The molecule has 0 unspecified atom stereocenters. The first-order valence-corrected chi connectivity index (χ1v) is 13.0. The number of sulfonamides is 1. The third-order valence-corrected chi connectivity index (χ3v) is 8.55. The molecule has 0 spiro atoms. The molecule has 2 saturated heterocycles. The van der Waals surface area contributed by atoms with Crippen molar-refractivity contribution in [2.45, 2.75) is 63.4 Å². The molecule has 7 nitrogen and oxygen atoms in total. The second kappa shape index (κ2) is 10.9. The number of hydrogen-bond donors (Lipinski definition) is 1. The third kappa shape index (κ3) is 6.28. The summed E-state index contributed by atoms with van der Waals surface area (Å²) in [5, 5.41) is 3.24. The van der Waals surface area contributed by atoms with E-state index in [2.05, 4.69) is 24.1 Å².